The highest BCUT2D eigenvalue weighted by atomic mass is 79.9. The van der Waals surface area contributed by atoms with Crippen molar-refractivity contribution in [3.63, 3.8) is 0 Å². The fourth-order valence-electron chi connectivity index (χ4n) is 4.93. The monoisotopic (exact) mass is 341 g/mol. The minimum atomic E-state index is -0.166. The van der Waals surface area contributed by atoms with Crippen molar-refractivity contribution in [2.45, 2.75) is 49.6 Å². The molecule has 0 spiro atoms. The molecule has 7 atom stereocenters. The van der Waals surface area contributed by atoms with E-state index >= 15 is 0 Å². The van der Waals surface area contributed by atoms with Crippen LogP contribution in [0.4, 0.5) is 0 Å². The molecule has 4 rings (SSSR count). The predicted molar refractivity (Wildman–Crippen MR) is 76.2 cm³/mol. The van der Waals surface area contributed by atoms with Gasteiger partial charge in [-0.15, -0.1) is 0 Å². The highest BCUT2D eigenvalue weighted by Crippen LogP contribution is 2.60. The van der Waals surface area contributed by atoms with Gasteiger partial charge in [0, 0.05) is 18.5 Å². The van der Waals surface area contributed by atoms with E-state index in [0.717, 1.165) is 25.8 Å². The fourth-order valence-corrected chi connectivity index (χ4v) is 5.97. The van der Waals surface area contributed by atoms with E-state index < -0.39 is 0 Å². The van der Waals surface area contributed by atoms with Gasteiger partial charge in [0.2, 0.25) is 5.91 Å². The number of likely N-dealkylation sites (tertiary alicyclic amines) is 1. The van der Waals surface area contributed by atoms with Crippen LogP contribution >= 0.6 is 15.9 Å². The molecule has 2 saturated heterocycles. The van der Waals surface area contributed by atoms with Crippen LogP contribution in [0.5, 0.6) is 0 Å². The summed E-state index contributed by atoms with van der Waals surface area (Å²) in [7, 11) is 0. The Bertz CT molecular complexity index is 468. The van der Waals surface area contributed by atoms with Crippen LogP contribution in [0.1, 0.15) is 32.6 Å². The summed E-state index contributed by atoms with van der Waals surface area (Å²) in [6, 6.07) is 0.317. The molecule has 2 aliphatic carbocycles. The summed E-state index contributed by atoms with van der Waals surface area (Å²) < 4.78 is 5.49. The molecule has 2 aliphatic heterocycles. The molecule has 0 N–H and O–H groups in total. The van der Waals surface area contributed by atoms with Gasteiger partial charge in [0.25, 0.3) is 0 Å². The summed E-state index contributed by atoms with van der Waals surface area (Å²) in [5, 5.41) is 0. The summed E-state index contributed by atoms with van der Waals surface area (Å²) in [6.07, 6.45) is 4.36. The van der Waals surface area contributed by atoms with Gasteiger partial charge in [-0.2, -0.15) is 0 Å². The van der Waals surface area contributed by atoms with Crippen LogP contribution in [-0.4, -0.2) is 40.3 Å². The van der Waals surface area contributed by atoms with Crippen molar-refractivity contribution in [1.82, 2.24) is 4.90 Å². The third-order valence-corrected chi connectivity index (χ3v) is 7.09. The molecule has 4 nitrogen and oxygen atoms in total. The first-order valence-corrected chi connectivity index (χ1v) is 8.66. The molecular weight excluding hydrogens is 322 g/mol. The number of amides is 1. The third-order valence-electron chi connectivity index (χ3n) is 5.89. The maximum Gasteiger partial charge on any atom is 0.310 e. The molecule has 2 bridgehead atoms. The maximum absolute atomic E-state index is 13.0. The molecule has 2 heterocycles. The number of carbonyl (C=O) groups excluding carboxylic acids is 2. The van der Waals surface area contributed by atoms with Crippen molar-refractivity contribution in [2.75, 3.05) is 6.54 Å². The summed E-state index contributed by atoms with van der Waals surface area (Å²) in [5.74, 6) is 0.314. The first kappa shape index (κ1) is 13.1. The average molecular weight is 342 g/mol. The zero-order valence-electron chi connectivity index (χ0n) is 11.6. The van der Waals surface area contributed by atoms with Crippen molar-refractivity contribution in [1.29, 1.82) is 0 Å². The molecule has 20 heavy (non-hydrogen) atoms. The first-order valence-electron chi connectivity index (χ1n) is 7.74. The van der Waals surface area contributed by atoms with Gasteiger partial charge >= 0.3 is 5.97 Å². The van der Waals surface area contributed by atoms with Gasteiger partial charge in [0.05, 0.1) is 16.7 Å². The lowest BCUT2D eigenvalue weighted by Gasteiger charge is -2.38. The minimum Gasteiger partial charge on any atom is -0.461 e. The quantitative estimate of drug-likeness (QED) is 0.541. The summed E-state index contributed by atoms with van der Waals surface area (Å²) in [5.41, 5.74) is 0. The van der Waals surface area contributed by atoms with Crippen LogP contribution in [-0.2, 0) is 14.3 Å². The lowest BCUT2D eigenvalue weighted by Crippen LogP contribution is -2.50. The number of esters is 1. The van der Waals surface area contributed by atoms with Gasteiger partial charge in [-0.3, -0.25) is 9.59 Å². The Labute approximate surface area is 127 Å². The molecule has 2 saturated carbocycles. The summed E-state index contributed by atoms with van der Waals surface area (Å²) in [4.78, 5) is 27.3. The number of carbonyl (C=O) groups is 2. The third kappa shape index (κ3) is 1.59. The van der Waals surface area contributed by atoms with Crippen LogP contribution in [0, 0.1) is 23.7 Å². The topological polar surface area (TPSA) is 46.6 Å². The average Bonchev–Trinajstić information content (AvgIpc) is 3.02. The Morgan fingerprint density at radius 3 is 2.90 bits per heavy atom. The fraction of sp³-hybridized carbons (Fsp3) is 0.867. The second-order valence-corrected chi connectivity index (χ2v) is 7.89. The molecule has 1 amide bonds. The minimum absolute atomic E-state index is 0.0142. The Kier molecular flexibility index (Phi) is 2.92. The van der Waals surface area contributed by atoms with E-state index in [1.807, 2.05) is 4.90 Å². The van der Waals surface area contributed by atoms with Crippen LogP contribution in [0.2, 0.25) is 0 Å². The van der Waals surface area contributed by atoms with Crippen LogP contribution < -0.4 is 0 Å². The molecule has 0 aromatic rings. The highest BCUT2D eigenvalue weighted by molar-refractivity contribution is 9.09. The molecular formula is C15H20BrNO3. The van der Waals surface area contributed by atoms with E-state index in [0.29, 0.717) is 6.04 Å². The Hall–Kier alpha value is -0.580. The largest absolute Gasteiger partial charge is 0.461 e. The second kappa shape index (κ2) is 4.46. The van der Waals surface area contributed by atoms with Crippen molar-refractivity contribution in [2.24, 2.45) is 23.7 Å². The smallest absolute Gasteiger partial charge is 0.310 e. The second-order valence-electron chi connectivity index (χ2n) is 6.84. The Balaban J connectivity index is 1.62. The Morgan fingerprint density at radius 1 is 1.35 bits per heavy atom. The van der Waals surface area contributed by atoms with E-state index in [1.165, 1.54) is 6.42 Å². The Morgan fingerprint density at radius 2 is 2.15 bits per heavy atom. The number of hydrogen-bond donors (Lipinski definition) is 0. The van der Waals surface area contributed by atoms with Gasteiger partial charge in [0.1, 0.15) is 6.10 Å². The molecule has 110 valence electrons. The lowest BCUT2D eigenvalue weighted by molar-refractivity contribution is -0.149. The van der Waals surface area contributed by atoms with Crippen molar-refractivity contribution in [3.05, 3.63) is 0 Å². The molecule has 0 aromatic heterocycles. The van der Waals surface area contributed by atoms with E-state index in [-0.39, 0.29) is 46.5 Å². The van der Waals surface area contributed by atoms with Crippen LogP contribution in [0.3, 0.4) is 0 Å². The number of piperidine rings is 1. The molecule has 5 heteroatoms. The molecule has 0 aromatic carbocycles. The van der Waals surface area contributed by atoms with Crippen molar-refractivity contribution < 1.29 is 14.3 Å². The first-order chi connectivity index (χ1) is 9.59. The van der Waals surface area contributed by atoms with Crippen LogP contribution in [0.25, 0.3) is 0 Å². The van der Waals surface area contributed by atoms with Gasteiger partial charge in [0.15, 0.2) is 0 Å². The van der Waals surface area contributed by atoms with Crippen molar-refractivity contribution >= 4 is 27.8 Å². The van der Waals surface area contributed by atoms with E-state index in [2.05, 4.69) is 22.9 Å². The van der Waals surface area contributed by atoms with E-state index in [1.54, 1.807) is 0 Å². The number of ether oxygens (including phenoxy) is 1. The summed E-state index contributed by atoms with van der Waals surface area (Å²) in [6.45, 7) is 2.98. The van der Waals surface area contributed by atoms with E-state index in [4.69, 9.17) is 4.74 Å². The normalized spacial score (nSPS) is 49.6. The summed E-state index contributed by atoms with van der Waals surface area (Å²) >= 11 is 3.68. The number of alkyl halides is 1. The molecule has 4 aliphatic rings. The lowest BCUT2D eigenvalue weighted by atomic mass is 9.78. The van der Waals surface area contributed by atoms with Crippen molar-refractivity contribution in [3.8, 4) is 0 Å². The number of hydrogen-bond acceptors (Lipinski definition) is 3. The van der Waals surface area contributed by atoms with E-state index in [9.17, 15) is 9.59 Å². The zero-order chi connectivity index (χ0) is 14.0. The predicted octanol–water partition coefficient (Wildman–Crippen LogP) is 1.96. The standard InChI is InChI=1S/C15H20BrNO3/c1-7-4-2-3-5-17(7)14(18)10-8-6-9-11(10)15(19)20-13(9)12(8)16/h7-13H,2-6H2,1H3/t7-,8-,9-,10-,11+,12+,13+/m1/s1. The van der Waals surface area contributed by atoms with Gasteiger partial charge in [-0.1, -0.05) is 15.9 Å². The number of halogens is 1. The van der Waals surface area contributed by atoms with Crippen LogP contribution in [0.15, 0.2) is 0 Å². The zero-order valence-corrected chi connectivity index (χ0v) is 13.2. The SMILES string of the molecule is C[C@@H]1CCCCN1C(=O)[C@@H]1[C@H]2C[C@H]3[C@H](OC(=O)[C@@H]31)[C@H]2Br. The number of fused-ring (bicyclic) bond motifs is 1. The highest BCUT2D eigenvalue weighted by Gasteiger charge is 2.68. The molecule has 0 unspecified atom stereocenters. The van der Waals surface area contributed by atoms with Gasteiger partial charge < -0.3 is 9.64 Å². The van der Waals surface area contributed by atoms with Gasteiger partial charge in [-0.25, -0.2) is 0 Å². The van der Waals surface area contributed by atoms with Gasteiger partial charge in [-0.05, 0) is 38.5 Å². The number of rotatable bonds is 1. The molecule has 0 radical (unpaired) electrons. The maximum atomic E-state index is 13.0. The number of nitrogens with zero attached hydrogens (tertiary/aromatic N) is 1. The molecule has 4 fully saturated rings.